The average Bonchev–Trinajstić information content (AvgIpc) is 3.41. The number of hydrogen-bond acceptors (Lipinski definition) is 7. The molecular formula is C27H32N4O5. The van der Waals surface area contributed by atoms with E-state index in [4.69, 9.17) is 9.47 Å². The maximum Gasteiger partial charge on any atom is 0.418 e. The minimum atomic E-state index is -0.666. The molecule has 0 aliphatic rings. The topological polar surface area (TPSA) is 108 Å². The lowest BCUT2D eigenvalue weighted by atomic mass is 9.84. The van der Waals surface area contributed by atoms with Crippen molar-refractivity contribution in [1.29, 1.82) is 0 Å². The fourth-order valence-corrected chi connectivity index (χ4v) is 4.56. The Labute approximate surface area is 209 Å². The van der Waals surface area contributed by atoms with Crippen molar-refractivity contribution in [3.8, 4) is 0 Å². The van der Waals surface area contributed by atoms with Gasteiger partial charge in [-0.25, -0.2) is 9.48 Å². The maximum atomic E-state index is 12.9. The number of carbonyl (C=O) groups is 2. The number of carbonyl (C=O) groups excluding carboxylic acids is 2. The van der Waals surface area contributed by atoms with E-state index < -0.39 is 17.6 Å². The second kappa shape index (κ2) is 9.73. The molecule has 9 heteroatoms. The SMILES string of the molecule is CCOC(=O)CC(c1cc(CO)c2ccn(C(=O)OC(C)(C)C)c2c1)c1ccc2c(nnn2C)c1C. The van der Waals surface area contributed by atoms with Crippen molar-refractivity contribution < 1.29 is 24.2 Å². The molecule has 2 heterocycles. The highest BCUT2D eigenvalue weighted by Gasteiger charge is 2.26. The Morgan fingerprint density at radius 1 is 1.14 bits per heavy atom. The summed E-state index contributed by atoms with van der Waals surface area (Å²) in [5.74, 6) is -0.735. The highest BCUT2D eigenvalue weighted by Crippen LogP contribution is 2.36. The smallest absolute Gasteiger partial charge is 0.418 e. The second-order valence-electron chi connectivity index (χ2n) is 9.86. The summed E-state index contributed by atoms with van der Waals surface area (Å²) in [6, 6.07) is 9.45. The molecule has 2 aromatic heterocycles. The molecule has 1 unspecified atom stereocenters. The van der Waals surface area contributed by atoms with E-state index in [2.05, 4.69) is 10.3 Å². The van der Waals surface area contributed by atoms with Crippen molar-refractivity contribution in [3.05, 3.63) is 58.8 Å². The molecule has 0 saturated heterocycles. The Bertz CT molecular complexity index is 1440. The third-order valence-corrected chi connectivity index (χ3v) is 6.21. The van der Waals surface area contributed by atoms with Gasteiger partial charge in [0.1, 0.15) is 11.1 Å². The Balaban J connectivity index is 1.90. The van der Waals surface area contributed by atoms with Gasteiger partial charge in [0.05, 0.1) is 30.7 Å². The molecule has 0 spiro atoms. The van der Waals surface area contributed by atoms with Gasteiger partial charge in [-0.1, -0.05) is 17.3 Å². The highest BCUT2D eigenvalue weighted by molar-refractivity contribution is 5.92. The van der Waals surface area contributed by atoms with Crippen molar-refractivity contribution in [2.24, 2.45) is 7.05 Å². The van der Waals surface area contributed by atoms with Crippen LogP contribution in [0.4, 0.5) is 4.79 Å². The number of aliphatic hydroxyl groups is 1. The van der Waals surface area contributed by atoms with E-state index in [0.717, 1.165) is 33.1 Å². The van der Waals surface area contributed by atoms with Gasteiger partial charge >= 0.3 is 12.1 Å². The normalized spacial score (nSPS) is 12.8. The van der Waals surface area contributed by atoms with Crippen LogP contribution in [0.2, 0.25) is 0 Å². The summed E-state index contributed by atoms with van der Waals surface area (Å²) in [5, 5.41) is 19.3. The van der Waals surface area contributed by atoms with Gasteiger partial charge in [0.15, 0.2) is 0 Å². The Morgan fingerprint density at radius 3 is 2.56 bits per heavy atom. The molecule has 9 nitrogen and oxygen atoms in total. The standard InChI is InChI=1S/C27H32N4O5/c1-7-35-24(33)14-21(19-8-9-22-25(16(19)2)28-29-30(22)6)17-12-18(15-32)20-10-11-31(23(20)13-17)26(34)36-27(3,4)5/h8-13,21,32H,7,14-15H2,1-6H3. The van der Waals surface area contributed by atoms with Crippen LogP contribution in [0.1, 0.15) is 62.3 Å². The number of ether oxygens (including phenoxy) is 2. The van der Waals surface area contributed by atoms with E-state index in [9.17, 15) is 14.7 Å². The van der Waals surface area contributed by atoms with E-state index in [0.29, 0.717) is 11.1 Å². The second-order valence-corrected chi connectivity index (χ2v) is 9.86. The van der Waals surface area contributed by atoms with Crippen LogP contribution < -0.4 is 0 Å². The van der Waals surface area contributed by atoms with Crippen LogP contribution in [0.5, 0.6) is 0 Å². The number of aryl methyl sites for hydroxylation is 2. The molecule has 0 amide bonds. The van der Waals surface area contributed by atoms with Gasteiger partial charge in [0.25, 0.3) is 0 Å². The van der Waals surface area contributed by atoms with E-state index >= 15 is 0 Å². The molecule has 36 heavy (non-hydrogen) atoms. The zero-order valence-electron chi connectivity index (χ0n) is 21.5. The molecule has 0 aliphatic heterocycles. The molecule has 1 N–H and O–H groups in total. The molecule has 0 saturated carbocycles. The summed E-state index contributed by atoms with van der Waals surface area (Å²) in [6.45, 7) is 9.20. The fraction of sp³-hybridized carbons (Fsp3) is 0.407. The van der Waals surface area contributed by atoms with Crippen molar-refractivity contribution >= 4 is 34.0 Å². The third-order valence-electron chi connectivity index (χ3n) is 6.21. The first-order valence-electron chi connectivity index (χ1n) is 12.0. The number of rotatable bonds is 6. The fourth-order valence-electron chi connectivity index (χ4n) is 4.56. The summed E-state index contributed by atoms with van der Waals surface area (Å²) in [7, 11) is 1.83. The molecule has 0 fully saturated rings. The first-order valence-corrected chi connectivity index (χ1v) is 12.0. The van der Waals surface area contributed by atoms with Gasteiger partial charge in [-0.15, -0.1) is 5.10 Å². The molecule has 2 aromatic carbocycles. The monoisotopic (exact) mass is 492 g/mol. The highest BCUT2D eigenvalue weighted by atomic mass is 16.6. The lowest BCUT2D eigenvalue weighted by molar-refractivity contribution is -0.143. The quantitative estimate of drug-likeness (QED) is 0.392. The molecule has 0 bridgehead atoms. The number of aromatic nitrogens is 4. The summed E-state index contributed by atoms with van der Waals surface area (Å²) >= 11 is 0. The summed E-state index contributed by atoms with van der Waals surface area (Å²) < 4.78 is 14.0. The van der Waals surface area contributed by atoms with Gasteiger partial charge in [-0.05, 0) is 75.1 Å². The summed E-state index contributed by atoms with van der Waals surface area (Å²) in [5.41, 5.74) is 4.80. The van der Waals surface area contributed by atoms with Gasteiger partial charge < -0.3 is 14.6 Å². The zero-order valence-corrected chi connectivity index (χ0v) is 21.5. The predicted molar refractivity (Wildman–Crippen MR) is 136 cm³/mol. The van der Waals surface area contributed by atoms with Crippen LogP contribution in [-0.4, -0.2) is 48.9 Å². The maximum absolute atomic E-state index is 12.9. The summed E-state index contributed by atoms with van der Waals surface area (Å²) in [4.78, 5) is 25.6. The van der Waals surface area contributed by atoms with Crippen molar-refractivity contribution in [1.82, 2.24) is 19.6 Å². The number of benzene rings is 2. The van der Waals surface area contributed by atoms with Crippen molar-refractivity contribution in [2.45, 2.75) is 59.2 Å². The average molecular weight is 493 g/mol. The van der Waals surface area contributed by atoms with Gasteiger partial charge in [0.2, 0.25) is 0 Å². The molecule has 1 atom stereocenters. The largest absolute Gasteiger partial charge is 0.466 e. The van der Waals surface area contributed by atoms with Crippen LogP contribution >= 0.6 is 0 Å². The van der Waals surface area contributed by atoms with Crippen LogP contribution in [0, 0.1) is 6.92 Å². The van der Waals surface area contributed by atoms with Gasteiger partial charge in [-0.2, -0.15) is 0 Å². The first kappa shape index (κ1) is 25.4. The molecule has 4 rings (SSSR count). The molecule has 190 valence electrons. The third kappa shape index (κ3) is 4.83. The minimum absolute atomic E-state index is 0.0873. The van der Waals surface area contributed by atoms with E-state index in [1.807, 2.05) is 59.0 Å². The number of esters is 1. The van der Waals surface area contributed by atoms with E-state index in [-0.39, 0.29) is 25.6 Å². The minimum Gasteiger partial charge on any atom is -0.466 e. The molecule has 4 aromatic rings. The lowest BCUT2D eigenvalue weighted by Crippen LogP contribution is -2.26. The predicted octanol–water partition coefficient (Wildman–Crippen LogP) is 4.59. The molecular weight excluding hydrogens is 460 g/mol. The van der Waals surface area contributed by atoms with Crippen LogP contribution in [0.15, 0.2) is 36.5 Å². The number of aliphatic hydroxyl groups excluding tert-OH is 1. The Kier molecular flexibility index (Phi) is 6.86. The van der Waals surface area contributed by atoms with Crippen LogP contribution in [0.3, 0.4) is 0 Å². The number of nitrogens with zero attached hydrogens (tertiary/aromatic N) is 4. The van der Waals surface area contributed by atoms with Gasteiger partial charge in [0, 0.05) is 24.5 Å². The number of hydrogen-bond donors (Lipinski definition) is 1. The lowest BCUT2D eigenvalue weighted by Gasteiger charge is -2.22. The van der Waals surface area contributed by atoms with E-state index in [1.165, 1.54) is 4.57 Å². The van der Waals surface area contributed by atoms with E-state index in [1.54, 1.807) is 23.9 Å². The van der Waals surface area contributed by atoms with Crippen molar-refractivity contribution in [2.75, 3.05) is 6.61 Å². The first-order chi connectivity index (χ1) is 17.0. The van der Waals surface area contributed by atoms with Crippen LogP contribution in [0.25, 0.3) is 21.9 Å². The van der Waals surface area contributed by atoms with Gasteiger partial charge in [-0.3, -0.25) is 9.36 Å². The Morgan fingerprint density at radius 2 is 1.89 bits per heavy atom. The van der Waals surface area contributed by atoms with Crippen LogP contribution in [-0.2, 0) is 27.9 Å². The zero-order chi connectivity index (χ0) is 26.2. The summed E-state index contributed by atoms with van der Waals surface area (Å²) in [6.07, 6.45) is 1.21. The molecule has 0 aliphatic carbocycles. The number of fused-ring (bicyclic) bond motifs is 2. The molecule has 0 radical (unpaired) electrons. The van der Waals surface area contributed by atoms with Crippen molar-refractivity contribution in [3.63, 3.8) is 0 Å². The Hall–Kier alpha value is -3.72.